The van der Waals surface area contributed by atoms with Crippen LogP contribution in [0.4, 0.5) is 15.8 Å². The first-order valence-corrected chi connectivity index (χ1v) is 10.4. The van der Waals surface area contributed by atoms with E-state index in [1.54, 1.807) is 20.9 Å². The van der Waals surface area contributed by atoms with Gasteiger partial charge in [-0.3, -0.25) is 14.4 Å². The molecule has 1 atom stereocenters. The molecule has 1 amide bonds. The number of terminal acetylenes is 1. The SMILES string of the molecule is [C-]#[N+]c1cc(NC(=O)c2c(C)c(C(=O)C(=O)CC(C#C)(CO)C3CC3)c(C)n2C)ccc1F. The van der Waals surface area contributed by atoms with Crippen molar-refractivity contribution in [3.8, 4) is 12.3 Å². The highest BCUT2D eigenvalue weighted by Crippen LogP contribution is 2.47. The van der Waals surface area contributed by atoms with Crippen molar-refractivity contribution in [2.24, 2.45) is 18.4 Å². The van der Waals surface area contributed by atoms with Crippen molar-refractivity contribution in [2.45, 2.75) is 33.1 Å². The van der Waals surface area contributed by atoms with Gasteiger partial charge in [-0.15, -0.1) is 6.42 Å². The monoisotopic (exact) mass is 449 g/mol. The van der Waals surface area contributed by atoms with Crippen LogP contribution in [0.2, 0.25) is 0 Å². The summed E-state index contributed by atoms with van der Waals surface area (Å²) in [6, 6.07) is 3.63. The maximum Gasteiger partial charge on any atom is 0.272 e. The molecule has 1 heterocycles. The van der Waals surface area contributed by atoms with E-state index in [-0.39, 0.29) is 41.6 Å². The van der Waals surface area contributed by atoms with E-state index >= 15 is 0 Å². The predicted octanol–water partition coefficient (Wildman–Crippen LogP) is 3.75. The van der Waals surface area contributed by atoms with E-state index in [9.17, 15) is 23.9 Å². The molecule has 0 spiro atoms. The third-order valence-corrected chi connectivity index (χ3v) is 6.35. The molecule has 8 heteroatoms. The zero-order chi connectivity index (χ0) is 24.5. The maximum absolute atomic E-state index is 13.6. The molecule has 33 heavy (non-hydrogen) atoms. The molecule has 1 aromatic heterocycles. The molecular weight excluding hydrogens is 425 g/mol. The summed E-state index contributed by atoms with van der Waals surface area (Å²) in [6.07, 6.45) is 6.96. The minimum absolute atomic E-state index is 0.0135. The Kier molecular flexibility index (Phi) is 6.53. The van der Waals surface area contributed by atoms with Gasteiger partial charge in [-0.1, -0.05) is 5.92 Å². The summed E-state index contributed by atoms with van der Waals surface area (Å²) >= 11 is 0. The highest BCUT2D eigenvalue weighted by molar-refractivity contribution is 6.44. The fraction of sp³-hybridized carbons (Fsp3) is 0.360. The summed E-state index contributed by atoms with van der Waals surface area (Å²) in [5, 5.41) is 12.4. The number of hydrogen-bond donors (Lipinski definition) is 2. The van der Waals surface area contributed by atoms with Crippen molar-refractivity contribution in [1.29, 1.82) is 0 Å². The number of halogens is 1. The first-order valence-electron chi connectivity index (χ1n) is 10.4. The van der Waals surface area contributed by atoms with Crippen LogP contribution in [0.15, 0.2) is 18.2 Å². The summed E-state index contributed by atoms with van der Waals surface area (Å²) in [5.74, 6) is -0.194. The molecule has 2 aromatic rings. The van der Waals surface area contributed by atoms with Crippen LogP contribution >= 0.6 is 0 Å². The lowest BCUT2D eigenvalue weighted by Gasteiger charge is -2.24. The molecule has 0 aliphatic heterocycles. The molecule has 1 unspecified atom stereocenters. The quantitative estimate of drug-likeness (QED) is 0.278. The molecule has 1 fully saturated rings. The van der Waals surface area contributed by atoms with Crippen LogP contribution in [0.1, 0.15) is 51.4 Å². The number of Topliss-reactive ketones (excluding diaryl/α,β-unsaturated/α-hetero) is 2. The van der Waals surface area contributed by atoms with Crippen molar-refractivity contribution >= 4 is 28.8 Å². The number of anilines is 1. The molecule has 1 aromatic carbocycles. The van der Waals surface area contributed by atoms with Crippen LogP contribution in [-0.2, 0) is 11.8 Å². The number of aliphatic hydroxyl groups excluding tert-OH is 1. The molecule has 1 aliphatic carbocycles. The Bertz CT molecular complexity index is 1240. The lowest BCUT2D eigenvalue weighted by molar-refractivity contribution is -0.117. The Morgan fingerprint density at radius 1 is 1.36 bits per heavy atom. The number of carbonyl (C=O) groups is 3. The van der Waals surface area contributed by atoms with E-state index in [0.717, 1.165) is 18.9 Å². The Morgan fingerprint density at radius 3 is 2.58 bits per heavy atom. The second-order valence-electron chi connectivity index (χ2n) is 8.39. The smallest absolute Gasteiger partial charge is 0.272 e. The molecule has 170 valence electrons. The highest BCUT2D eigenvalue weighted by Gasteiger charge is 2.46. The lowest BCUT2D eigenvalue weighted by atomic mass is 9.78. The number of amides is 1. The molecule has 1 aliphatic rings. The molecule has 2 N–H and O–H groups in total. The Morgan fingerprint density at radius 2 is 2.03 bits per heavy atom. The summed E-state index contributed by atoms with van der Waals surface area (Å²) in [6.45, 7) is 9.82. The summed E-state index contributed by atoms with van der Waals surface area (Å²) in [5.41, 5.74) is -0.0319. The second-order valence-corrected chi connectivity index (χ2v) is 8.39. The molecule has 7 nitrogen and oxygen atoms in total. The van der Waals surface area contributed by atoms with Gasteiger partial charge in [-0.2, -0.15) is 0 Å². The number of nitrogens with zero attached hydrogens (tertiary/aromatic N) is 2. The Balaban J connectivity index is 1.89. The van der Waals surface area contributed by atoms with E-state index in [2.05, 4.69) is 16.1 Å². The largest absolute Gasteiger partial charge is 0.395 e. The van der Waals surface area contributed by atoms with Crippen molar-refractivity contribution in [3.05, 3.63) is 57.9 Å². The van der Waals surface area contributed by atoms with E-state index in [1.165, 1.54) is 16.7 Å². The van der Waals surface area contributed by atoms with Gasteiger partial charge in [-0.25, -0.2) is 9.24 Å². The average Bonchev–Trinajstić information content (AvgIpc) is 3.61. The third kappa shape index (κ3) is 4.30. The van der Waals surface area contributed by atoms with Crippen LogP contribution in [-0.4, -0.2) is 33.8 Å². The zero-order valence-electron chi connectivity index (χ0n) is 18.7. The van der Waals surface area contributed by atoms with Crippen molar-refractivity contribution in [2.75, 3.05) is 11.9 Å². The summed E-state index contributed by atoms with van der Waals surface area (Å²) in [4.78, 5) is 42.0. The van der Waals surface area contributed by atoms with E-state index in [4.69, 9.17) is 13.0 Å². The van der Waals surface area contributed by atoms with Crippen LogP contribution < -0.4 is 5.32 Å². The van der Waals surface area contributed by atoms with Gasteiger partial charge in [0.2, 0.25) is 17.3 Å². The van der Waals surface area contributed by atoms with Crippen molar-refractivity contribution in [1.82, 2.24) is 4.57 Å². The number of hydrogen-bond acceptors (Lipinski definition) is 4. The van der Waals surface area contributed by atoms with Gasteiger partial charge in [0.25, 0.3) is 5.91 Å². The van der Waals surface area contributed by atoms with Gasteiger partial charge >= 0.3 is 0 Å². The average molecular weight is 449 g/mol. The fourth-order valence-corrected chi connectivity index (χ4v) is 4.19. The van der Waals surface area contributed by atoms with Gasteiger partial charge in [0.15, 0.2) is 0 Å². The van der Waals surface area contributed by atoms with Gasteiger partial charge in [-0.05, 0) is 56.4 Å². The minimum atomic E-state index is -1.05. The van der Waals surface area contributed by atoms with Crippen molar-refractivity contribution in [3.63, 3.8) is 0 Å². The van der Waals surface area contributed by atoms with Gasteiger partial charge in [0.05, 0.1) is 24.2 Å². The maximum atomic E-state index is 13.6. The first kappa shape index (κ1) is 23.9. The predicted molar refractivity (Wildman–Crippen MR) is 121 cm³/mol. The molecule has 0 saturated heterocycles. The van der Waals surface area contributed by atoms with Gasteiger partial charge < -0.3 is 15.0 Å². The number of ketones is 2. The molecule has 0 bridgehead atoms. The van der Waals surface area contributed by atoms with E-state index in [0.29, 0.717) is 11.3 Å². The highest BCUT2D eigenvalue weighted by atomic mass is 19.1. The van der Waals surface area contributed by atoms with E-state index in [1.807, 2.05) is 0 Å². The summed E-state index contributed by atoms with van der Waals surface area (Å²) < 4.78 is 15.1. The van der Waals surface area contributed by atoms with Gasteiger partial charge in [0.1, 0.15) is 11.5 Å². The van der Waals surface area contributed by atoms with Crippen LogP contribution in [0.25, 0.3) is 4.85 Å². The minimum Gasteiger partial charge on any atom is -0.395 e. The molecule has 0 radical (unpaired) electrons. The fourth-order valence-electron chi connectivity index (χ4n) is 4.19. The Labute approximate surface area is 191 Å². The third-order valence-electron chi connectivity index (χ3n) is 6.35. The van der Waals surface area contributed by atoms with Crippen LogP contribution in [0.5, 0.6) is 0 Å². The Hall–Kier alpha value is -3.75. The topological polar surface area (TPSA) is 92.8 Å². The number of carbonyl (C=O) groups excluding carboxylic acids is 3. The zero-order valence-corrected chi connectivity index (χ0v) is 18.7. The number of aromatic nitrogens is 1. The molecule has 1 saturated carbocycles. The van der Waals surface area contributed by atoms with E-state index < -0.39 is 28.7 Å². The molecule has 3 rings (SSSR count). The number of nitrogens with one attached hydrogen (secondary N) is 1. The summed E-state index contributed by atoms with van der Waals surface area (Å²) in [7, 11) is 1.59. The number of aliphatic hydroxyl groups is 1. The van der Waals surface area contributed by atoms with Crippen LogP contribution in [0, 0.1) is 49.9 Å². The lowest BCUT2D eigenvalue weighted by Crippen LogP contribution is -2.32. The van der Waals surface area contributed by atoms with Crippen LogP contribution in [0.3, 0.4) is 0 Å². The standard InChI is InChI=1S/C25H24FN3O4/c1-6-25(13-30,16-7-8-16)12-20(31)23(32)21-14(2)22(29(5)15(21)3)24(33)28-17-9-10-18(26)19(11-17)27-4/h1,9-11,16,30H,7-8,12-13H2,2-3,5H3,(H,28,33). The number of benzene rings is 1. The van der Waals surface area contributed by atoms with Crippen molar-refractivity contribution < 1.29 is 23.9 Å². The normalized spacial score (nSPS) is 14.6. The van der Waals surface area contributed by atoms with Gasteiger partial charge in [0, 0.05) is 24.8 Å². The molecular formula is C25H24FN3O4. The second kappa shape index (κ2) is 9.01. The number of rotatable bonds is 8. The first-order chi connectivity index (χ1) is 15.6.